The molecule has 3 rings (SSSR count). The molecule has 2 aromatic heterocycles. The van der Waals surface area contributed by atoms with E-state index in [0.717, 1.165) is 53.7 Å². The molecule has 0 spiro atoms. The van der Waals surface area contributed by atoms with Gasteiger partial charge in [-0.1, -0.05) is 19.4 Å². The largest absolute Gasteiger partial charge is 0.465 e. The third-order valence-electron chi connectivity index (χ3n) is 5.50. The molecule has 5 nitrogen and oxygen atoms in total. The molecule has 0 bridgehead atoms. The SMILES string of the molecule is CCCCOC(=O)[C@H]1CC[C@H]([C@@](C)(O)c2ncc(-c3cccc(Br)n3)s2)CC1. The Bertz CT molecular complexity index is 800. The van der Waals surface area contributed by atoms with Crippen molar-refractivity contribution in [1.82, 2.24) is 9.97 Å². The highest BCUT2D eigenvalue weighted by Crippen LogP contribution is 2.43. The molecule has 0 aromatic carbocycles. The van der Waals surface area contributed by atoms with Crippen molar-refractivity contribution in [2.75, 3.05) is 6.61 Å². The number of aliphatic hydroxyl groups is 1. The fourth-order valence-corrected chi connectivity index (χ4v) is 5.03. The van der Waals surface area contributed by atoms with Crippen LogP contribution in [-0.4, -0.2) is 27.7 Å². The first-order valence-corrected chi connectivity index (χ1v) is 11.5. The van der Waals surface area contributed by atoms with Crippen LogP contribution in [0.2, 0.25) is 0 Å². The Kier molecular flexibility index (Phi) is 7.23. The van der Waals surface area contributed by atoms with E-state index in [1.807, 2.05) is 25.1 Å². The van der Waals surface area contributed by atoms with E-state index in [9.17, 15) is 9.90 Å². The number of pyridine rings is 1. The smallest absolute Gasteiger partial charge is 0.308 e. The molecule has 7 heteroatoms. The Balaban J connectivity index is 1.62. The number of halogens is 1. The lowest BCUT2D eigenvalue weighted by Gasteiger charge is -2.36. The van der Waals surface area contributed by atoms with Gasteiger partial charge in [-0.3, -0.25) is 4.79 Å². The topological polar surface area (TPSA) is 72.3 Å². The molecule has 2 aromatic rings. The zero-order valence-electron chi connectivity index (χ0n) is 16.4. The lowest BCUT2D eigenvalue weighted by atomic mass is 9.74. The number of aromatic nitrogens is 2. The number of carbonyl (C=O) groups is 1. The first-order chi connectivity index (χ1) is 13.4. The predicted octanol–water partition coefficient (Wildman–Crippen LogP) is 5.32. The second kappa shape index (κ2) is 9.46. The molecule has 1 fully saturated rings. The van der Waals surface area contributed by atoms with Crippen molar-refractivity contribution in [1.29, 1.82) is 0 Å². The van der Waals surface area contributed by atoms with E-state index in [-0.39, 0.29) is 17.8 Å². The number of hydrogen-bond donors (Lipinski definition) is 1. The first kappa shape index (κ1) is 21.4. The van der Waals surface area contributed by atoms with E-state index in [1.54, 1.807) is 6.20 Å². The average molecular weight is 467 g/mol. The van der Waals surface area contributed by atoms with Gasteiger partial charge in [0.2, 0.25) is 0 Å². The summed E-state index contributed by atoms with van der Waals surface area (Å²) in [5.41, 5.74) is -0.168. The Morgan fingerprint density at radius 2 is 2.11 bits per heavy atom. The number of carbonyl (C=O) groups excluding carboxylic acids is 1. The number of rotatable bonds is 7. The lowest BCUT2D eigenvalue weighted by molar-refractivity contribution is -0.151. The molecule has 1 saturated carbocycles. The van der Waals surface area contributed by atoms with E-state index in [0.29, 0.717) is 11.6 Å². The van der Waals surface area contributed by atoms with Crippen molar-refractivity contribution in [2.24, 2.45) is 11.8 Å². The van der Waals surface area contributed by atoms with Crippen molar-refractivity contribution in [3.05, 3.63) is 34.0 Å². The normalized spacial score (nSPS) is 21.9. The molecule has 0 radical (unpaired) electrons. The summed E-state index contributed by atoms with van der Waals surface area (Å²) in [6.45, 7) is 4.44. The van der Waals surface area contributed by atoms with Gasteiger partial charge in [0.1, 0.15) is 15.2 Å². The number of esters is 1. The summed E-state index contributed by atoms with van der Waals surface area (Å²) in [4.78, 5) is 22.1. The summed E-state index contributed by atoms with van der Waals surface area (Å²) in [6.07, 6.45) is 6.83. The fourth-order valence-electron chi connectivity index (χ4n) is 3.67. The van der Waals surface area contributed by atoms with E-state index in [2.05, 4.69) is 32.8 Å². The van der Waals surface area contributed by atoms with E-state index >= 15 is 0 Å². The number of hydrogen-bond acceptors (Lipinski definition) is 6. The van der Waals surface area contributed by atoms with Crippen molar-refractivity contribution in [3.63, 3.8) is 0 Å². The van der Waals surface area contributed by atoms with Gasteiger partial charge >= 0.3 is 5.97 Å². The van der Waals surface area contributed by atoms with Crippen LogP contribution in [0.4, 0.5) is 0 Å². The molecule has 1 N–H and O–H groups in total. The Hall–Kier alpha value is -1.31. The van der Waals surface area contributed by atoms with Gasteiger partial charge in [0.25, 0.3) is 0 Å². The van der Waals surface area contributed by atoms with Gasteiger partial charge in [-0.15, -0.1) is 11.3 Å². The molecule has 28 heavy (non-hydrogen) atoms. The summed E-state index contributed by atoms with van der Waals surface area (Å²) in [5, 5.41) is 11.9. The number of ether oxygens (including phenoxy) is 1. The summed E-state index contributed by atoms with van der Waals surface area (Å²) in [6, 6.07) is 5.75. The van der Waals surface area contributed by atoms with Crippen LogP contribution < -0.4 is 0 Å². The molecule has 1 aliphatic rings. The quantitative estimate of drug-likeness (QED) is 0.339. The minimum atomic E-state index is -1.01. The maximum atomic E-state index is 12.2. The summed E-state index contributed by atoms with van der Waals surface area (Å²) >= 11 is 4.87. The minimum absolute atomic E-state index is 0.0402. The molecule has 0 amide bonds. The molecule has 2 heterocycles. The maximum Gasteiger partial charge on any atom is 0.308 e. The van der Waals surface area contributed by atoms with Crippen LogP contribution in [0.5, 0.6) is 0 Å². The highest BCUT2D eigenvalue weighted by atomic mass is 79.9. The van der Waals surface area contributed by atoms with Crippen LogP contribution in [0, 0.1) is 11.8 Å². The molecular weight excluding hydrogens is 440 g/mol. The van der Waals surface area contributed by atoms with E-state index < -0.39 is 5.60 Å². The van der Waals surface area contributed by atoms with Gasteiger partial charge in [-0.05, 0) is 73.0 Å². The standard InChI is InChI=1S/C21H27BrN2O3S/c1-3-4-12-27-19(25)14-8-10-15(11-9-14)21(2,26)20-23-13-17(28-20)16-6-5-7-18(22)24-16/h5-7,13-15,26H,3-4,8-12H2,1-2H3/t14-,15-,21-/m1/s1. The Labute approximate surface area is 178 Å². The van der Waals surface area contributed by atoms with Crippen LogP contribution in [0.1, 0.15) is 57.4 Å². The number of unbranched alkanes of at least 4 members (excludes halogenated alkanes) is 1. The van der Waals surface area contributed by atoms with Crippen LogP contribution in [0.25, 0.3) is 10.6 Å². The molecule has 0 aliphatic heterocycles. The highest BCUT2D eigenvalue weighted by molar-refractivity contribution is 9.10. The van der Waals surface area contributed by atoms with Gasteiger partial charge in [-0.2, -0.15) is 0 Å². The molecule has 0 saturated heterocycles. The van der Waals surface area contributed by atoms with Crippen LogP contribution in [0.3, 0.4) is 0 Å². The van der Waals surface area contributed by atoms with Gasteiger partial charge in [0.15, 0.2) is 0 Å². The minimum Gasteiger partial charge on any atom is -0.465 e. The zero-order valence-corrected chi connectivity index (χ0v) is 18.8. The molecular formula is C21H27BrN2O3S. The molecule has 1 atom stereocenters. The van der Waals surface area contributed by atoms with Gasteiger partial charge in [0.05, 0.1) is 23.1 Å². The van der Waals surface area contributed by atoms with Crippen molar-refractivity contribution < 1.29 is 14.6 Å². The Morgan fingerprint density at radius 3 is 2.79 bits per heavy atom. The molecule has 1 aliphatic carbocycles. The van der Waals surface area contributed by atoms with E-state index in [1.165, 1.54) is 11.3 Å². The lowest BCUT2D eigenvalue weighted by Crippen LogP contribution is -2.36. The third kappa shape index (κ3) is 4.99. The van der Waals surface area contributed by atoms with E-state index in [4.69, 9.17) is 4.74 Å². The molecule has 0 unspecified atom stereocenters. The van der Waals surface area contributed by atoms with Crippen LogP contribution >= 0.6 is 27.3 Å². The zero-order chi connectivity index (χ0) is 20.1. The number of nitrogens with zero attached hydrogens (tertiary/aromatic N) is 2. The van der Waals surface area contributed by atoms with Crippen LogP contribution in [-0.2, 0) is 15.1 Å². The maximum absolute atomic E-state index is 12.2. The summed E-state index contributed by atoms with van der Waals surface area (Å²) in [7, 11) is 0. The second-order valence-electron chi connectivity index (χ2n) is 7.59. The van der Waals surface area contributed by atoms with Crippen molar-refractivity contribution in [2.45, 2.75) is 58.0 Å². The number of thiazole rings is 1. The van der Waals surface area contributed by atoms with Crippen molar-refractivity contribution >= 4 is 33.2 Å². The van der Waals surface area contributed by atoms with Crippen molar-refractivity contribution in [3.8, 4) is 10.6 Å². The van der Waals surface area contributed by atoms with Crippen LogP contribution in [0.15, 0.2) is 29.0 Å². The summed E-state index contributed by atoms with van der Waals surface area (Å²) in [5.74, 6) is -0.0351. The highest BCUT2D eigenvalue weighted by Gasteiger charge is 2.40. The third-order valence-corrected chi connectivity index (χ3v) is 7.19. The van der Waals surface area contributed by atoms with Gasteiger partial charge in [-0.25, -0.2) is 9.97 Å². The second-order valence-corrected chi connectivity index (χ2v) is 9.44. The fraction of sp³-hybridized carbons (Fsp3) is 0.571. The van der Waals surface area contributed by atoms with Gasteiger partial charge < -0.3 is 9.84 Å². The first-order valence-electron chi connectivity index (χ1n) is 9.90. The Morgan fingerprint density at radius 1 is 1.36 bits per heavy atom. The summed E-state index contributed by atoms with van der Waals surface area (Å²) < 4.78 is 6.14. The monoisotopic (exact) mass is 466 g/mol. The van der Waals surface area contributed by atoms with Gasteiger partial charge in [0, 0.05) is 6.20 Å². The average Bonchev–Trinajstić information content (AvgIpc) is 3.19. The predicted molar refractivity (Wildman–Crippen MR) is 114 cm³/mol. The molecule has 152 valence electrons.